The standard InChI is InChI=1S/C27H21FN4O4/c28-20-9-7-18(8-10-20)26(34)32-24(13-19-15-30-23-4-2-1-3-22(19)23)27(35)36-16-25(33)31-21-11-5-17(14-29)6-12-21/h1-12,15,24,30H,13,16H2,(H,31,33)(H,32,34)/t24-/m0/s1. The van der Waals surface area contributed by atoms with Crippen LogP contribution in [0, 0.1) is 17.1 Å². The first-order valence-corrected chi connectivity index (χ1v) is 11.0. The van der Waals surface area contributed by atoms with Crippen molar-refractivity contribution in [3.05, 3.63) is 102 Å². The van der Waals surface area contributed by atoms with Gasteiger partial charge in [0.1, 0.15) is 11.9 Å². The summed E-state index contributed by atoms with van der Waals surface area (Å²) in [5.74, 6) is -2.46. The van der Waals surface area contributed by atoms with Gasteiger partial charge in [0.2, 0.25) is 0 Å². The molecule has 0 radical (unpaired) electrons. The van der Waals surface area contributed by atoms with E-state index in [4.69, 9.17) is 10.00 Å². The molecule has 0 saturated carbocycles. The number of nitriles is 1. The largest absolute Gasteiger partial charge is 0.454 e. The van der Waals surface area contributed by atoms with Crippen molar-refractivity contribution < 1.29 is 23.5 Å². The van der Waals surface area contributed by atoms with Crippen LogP contribution in [0.1, 0.15) is 21.5 Å². The van der Waals surface area contributed by atoms with Crippen LogP contribution in [-0.4, -0.2) is 35.4 Å². The van der Waals surface area contributed by atoms with Crippen molar-refractivity contribution in [2.24, 2.45) is 0 Å². The Bertz CT molecular complexity index is 1440. The van der Waals surface area contributed by atoms with Gasteiger partial charge in [-0.15, -0.1) is 0 Å². The van der Waals surface area contributed by atoms with E-state index in [2.05, 4.69) is 15.6 Å². The third-order valence-electron chi connectivity index (χ3n) is 5.44. The molecule has 0 fully saturated rings. The Balaban J connectivity index is 1.45. The third-order valence-corrected chi connectivity index (χ3v) is 5.44. The van der Waals surface area contributed by atoms with Crippen LogP contribution in [0.2, 0.25) is 0 Å². The van der Waals surface area contributed by atoms with Crippen molar-refractivity contribution >= 4 is 34.4 Å². The maximum atomic E-state index is 13.3. The summed E-state index contributed by atoms with van der Waals surface area (Å²) in [4.78, 5) is 41.1. The SMILES string of the molecule is N#Cc1ccc(NC(=O)COC(=O)[C@H](Cc2c[nH]c3ccccc23)NC(=O)c2ccc(F)cc2)cc1. The number of nitrogens with zero attached hydrogens (tertiary/aromatic N) is 1. The number of H-pyrrole nitrogens is 1. The minimum atomic E-state index is -1.11. The summed E-state index contributed by atoms with van der Waals surface area (Å²) in [6.45, 7) is -0.574. The van der Waals surface area contributed by atoms with E-state index in [0.29, 0.717) is 11.3 Å². The summed E-state index contributed by atoms with van der Waals surface area (Å²) in [7, 11) is 0. The molecule has 0 spiro atoms. The van der Waals surface area contributed by atoms with Crippen LogP contribution in [0.25, 0.3) is 10.9 Å². The maximum Gasteiger partial charge on any atom is 0.329 e. The first kappa shape index (κ1) is 24.2. The van der Waals surface area contributed by atoms with Crippen molar-refractivity contribution in [2.45, 2.75) is 12.5 Å². The molecule has 0 unspecified atom stereocenters. The molecule has 0 aliphatic carbocycles. The number of esters is 1. The number of nitrogens with one attached hydrogen (secondary N) is 3. The number of aromatic amines is 1. The molecule has 4 aromatic rings. The zero-order chi connectivity index (χ0) is 25.5. The van der Waals surface area contributed by atoms with Crippen LogP contribution in [0.3, 0.4) is 0 Å². The van der Waals surface area contributed by atoms with E-state index in [1.807, 2.05) is 30.3 Å². The lowest BCUT2D eigenvalue weighted by Crippen LogP contribution is -2.44. The van der Waals surface area contributed by atoms with Crippen molar-refractivity contribution in [3.63, 3.8) is 0 Å². The van der Waals surface area contributed by atoms with Gasteiger partial charge in [-0.2, -0.15) is 5.26 Å². The Labute approximate surface area is 205 Å². The number of para-hydroxylation sites is 1. The smallest absolute Gasteiger partial charge is 0.329 e. The Morgan fingerprint density at radius 2 is 1.72 bits per heavy atom. The molecule has 8 nitrogen and oxygen atoms in total. The predicted octanol–water partition coefficient (Wildman–Crippen LogP) is 3.70. The lowest BCUT2D eigenvalue weighted by atomic mass is 10.0. The fourth-order valence-electron chi connectivity index (χ4n) is 3.62. The first-order valence-electron chi connectivity index (χ1n) is 11.0. The number of carbonyl (C=O) groups excluding carboxylic acids is 3. The van der Waals surface area contributed by atoms with Crippen molar-refractivity contribution in [2.75, 3.05) is 11.9 Å². The number of anilines is 1. The van der Waals surface area contributed by atoms with Crippen LogP contribution < -0.4 is 10.6 Å². The Hall–Kier alpha value is -4.97. The molecule has 0 bridgehead atoms. The van der Waals surface area contributed by atoms with Gasteiger partial charge in [0.05, 0.1) is 11.6 Å². The highest BCUT2D eigenvalue weighted by atomic mass is 19.1. The molecule has 3 N–H and O–H groups in total. The van der Waals surface area contributed by atoms with Gasteiger partial charge in [0.25, 0.3) is 11.8 Å². The molecule has 1 heterocycles. The third kappa shape index (κ3) is 5.93. The molecule has 180 valence electrons. The highest BCUT2D eigenvalue weighted by molar-refractivity contribution is 5.98. The van der Waals surface area contributed by atoms with E-state index in [1.165, 1.54) is 12.1 Å². The molecule has 3 aromatic carbocycles. The monoisotopic (exact) mass is 484 g/mol. The van der Waals surface area contributed by atoms with Gasteiger partial charge < -0.3 is 20.4 Å². The second-order valence-electron chi connectivity index (χ2n) is 7.94. The number of aromatic nitrogens is 1. The minimum Gasteiger partial charge on any atom is -0.454 e. The molecular weight excluding hydrogens is 463 g/mol. The van der Waals surface area contributed by atoms with Gasteiger partial charge in [0.15, 0.2) is 6.61 Å². The second kappa shape index (κ2) is 11.0. The Kier molecular flexibility index (Phi) is 7.36. The highest BCUT2D eigenvalue weighted by Crippen LogP contribution is 2.20. The summed E-state index contributed by atoms with van der Waals surface area (Å²) < 4.78 is 18.5. The zero-order valence-electron chi connectivity index (χ0n) is 19.0. The molecule has 1 atom stereocenters. The summed E-state index contributed by atoms with van der Waals surface area (Å²) in [5, 5.41) is 14.9. The normalized spacial score (nSPS) is 11.3. The predicted molar refractivity (Wildman–Crippen MR) is 130 cm³/mol. The molecule has 0 saturated heterocycles. The number of fused-ring (bicyclic) bond motifs is 1. The fourth-order valence-corrected chi connectivity index (χ4v) is 3.62. The van der Waals surface area contributed by atoms with E-state index < -0.39 is 36.2 Å². The van der Waals surface area contributed by atoms with Crippen molar-refractivity contribution in [3.8, 4) is 6.07 Å². The molecular formula is C27H21FN4O4. The summed E-state index contributed by atoms with van der Waals surface area (Å²) in [6, 6.07) is 19.5. The lowest BCUT2D eigenvalue weighted by Gasteiger charge is -2.18. The quantitative estimate of drug-likeness (QED) is 0.329. The Morgan fingerprint density at radius 3 is 2.44 bits per heavy atom. The number of hydrogen-bond acceptors (Lipinski definition) is 5. The van der Waals surface area contributed by atoms with E-state index >= 15 is 0 Å². The molecule has 9 heteroatoms. The molecule has 0 aliphatic heterocycles. The number of rotatable bonds is 8. The summed E-state index contributed by atoms with van der Waals surface area (Å²) >= 11 is 0. The fraction of sp³-hybridized carbons (Fsp3) is 0.111. The maximum absolute atomic E-state index is 13.3. The van der Waals surface area contributed by atoms with Crippen LogP contribution in [0.4, 0.5) is 10.1 Å². The number of carbonyl (C=O) groups is 3. The average molecular weight is 484 g/mol. The van der Waals surface area contributed by atoms with Gasteiger partial charge in [-0.3, -0.25) is 9.59 Å². The van der Waals surface area contributed by atoms with Gasteiger partial charge in [-0.1, -0.05) is 18.2 Å². The Morgan fingerprint density at radius 1 is 1.00 bits per heavy atom. The number of ether oxygens (including phenoxy) is 1. The summed E-state index contributed by atoms with van der Waals surface area (Å²) in [6.07, 6.45) is 1.85. The minimum absolute atomic E-state index is 0.104. The zero-order valence-corrected chi connectivity index (χ0v) is 19.0. The summed E-state index contributed by atoms with van der Waals surface area (Å²) in [5.41, 5.74) is 2.69. The van der Waals surface area contributed by atoms with Crippen molar-refractivity contribution in [1.82, 2.24) is 10.3 Å². The number of benzene rings is 3. The van der Waals surface area contributed by atoms with Gasteiger partial charge >= 0.3 is 5.97 Å². The molecule has 1 aromatic heterocycles. The van der Waals surface area contributed by atoms with Crippen LogP contribution in [-0.2, 0) is 20.7 Å². The van der Waals surface area contributed by atoms with Crippen LogP contribution >= 0.6 is 0 Å². The second-order valence-corrected chi connectivity index (χ2v) is 7.94. The van der Waals surface area contributed by atoms with E-state index in [0.717, 1.165) is 28.6 Å². The van der Waals surface area contributed by atoms with Crippen molar-refractivity contribution in [1.29, 1.82) is 5.26 Å². The van der Waals surface area contributed by atoms with Crippen LogP contribution in [0.15, 0.2) is 79.0 Å². The molecule has 0 aliphatic rings. The van der Waals surface area contributed by atoms with Crippen LogP contribution in [0.5, 0.6) is 0 Å². The number of halogens is 1. The number of amides is 2. The average Bonchev–Trinajstić information content (AvgIpc) is 3.30. The number of hydrogen-bond donors (Lipinski definition) is 3. The first-order chi connectivity index (χ1) is 17.4. The van der Waals surface area contributed by atoms with E-state index in [1.54, 1.807) is 30.5 Å². The van der Waals surface area contributed by atoms with Gasteiger partial charge in [-0.25, -0.2) is 9.18 Å². The van der Waals surface area contributed by atoms with E-state index in [-0.39, 0.29) is 12.0 Å². The topological polar surface area (TPSA) is 124 Å². The lowest BCUT2D eigenvalue weighted by molar-refractivity contribution is -0.149. The van der Waals surface area contributed by atoms with Gasteiger partial charge in [-0.05, 0) is 60.2 Å². The highest BCUT2D eigenvalue weighted by Gasteiger charge is 2.25. The van der Waals surface area contributed by atoms with E-state index in [9.17, 15) is 18.8 Å². The molecule has 4 rings (SSSR count). The van der Waals surface area contributed by atoms with Gasteiger partial charge in [0, 0.05) is 34.8 Å². The molecule has 2 amide bonds. The molecule has 36 heavy (non-hydrogen) atoms.